The van der Waals surface area contributed by atoms with Crippen LogP contribution >= 0.6 is 0 Å². The van der Waals surface area contributed by atoms with Crippen molar-refractivity contribution in [3.8, 4) is 0 Å². The van der Waals surface area contributed by atoms with Crippen molar-refractivity contribution < 1.29 is 14.3 Å². The van der Waals surface area contributed by atoms with Crippen molar-refractivity contribution >= 4 is 5.91 Å². The number of ether oxygens (including phenoxy) is 2. The summed E-state index contributed by atoms with van der Waals surface area (Å²) in [6.45, 7) is 19.0. The van der Waals surface area contributed by atoms with E-state index in [1.807, 2.05) is 52.8 Å². The van der Waals surface area contributed by atoms with E-state index in [1.54, 1.807) is 7.11 Å². The number of rotatable bonds is 15. The smallest absolute Gasteiger partial charge is 0.219 e. The zero-order valence-corrected chi connectivity index (χ0v) is 24.1. The van der Waals surface area contributed by atoms with Gasteiger partial charge in [-0.25, -0.2) is 0 Å². The van der Waals surface area contributed by atoms with Crippen molar-refractivity contribution in [3.63, 3.8) is 0 Å². The lowest BCUT2D eigenvalue weighted by Crippen LogP contribution is -2.22. The number of nitrogens with zero attached hydrogens (tertiary/aromatic N) is 3. The van der Waals surface area contributed by atoms with Gasteiger partial charge in [-0.3, -0.25) is 4.79 Å². The third-order valence-corrected chi connectivity index (χ3v) is 4.28. The summed E-state index contributed by atoms with van der Waals surface area (Å²) in [7, 11) is 1.63. The minimum atomic E-state index is -0.466. The van der Waals surface area contributed by atoms with Crippen LogP contribution in [0, 0.1) is 5.92 Å². The number of methoxy groups -OCH3 is 1. The molecule has 36 heavy (non-hydrogen) atoms. The second-order valence-electron chi connectivity index (χ2n) is 7.51. The summed E-state index contributed by atoms with van der Waals surface area (Å²) in [6, 6.07) is 0.700. The van der Waals surface area contributed by atoms with Crippen LogP contribution in [0.25, 0.3) is 10.4 Å². The first kappa shape index (κ1) is 37.8. The molecule has 7 heteroatoms. The Bertz CT molecular complexity index is 701. The third-order valence-electron chi connectivity index (χ3n) is 4.28. The Balaban J connectivity index is -0.000000701. The van der Waals surface area contributed by atoms with E-state index < -0.39 is 5.91 Å². The van der Waals surface area contributed by atoms with Gasteiger partial charge in [-0.1, -0.05) is 71.9 Å². The van der Waals surface area contributed by atoms with Crippen LogP contribution in [-0.2, 0) is 14.3 Å². The molecule has 1 amide bonds. The molecule has 0 radical (unpaired) electrons. The van der Waals surface area contributed by atoms with Gasteiger partial charge in [-0.15, -0.1) is 6.58 Å². The van der Waals surface area contributed by atoms with Crippen LogP contribution in [0.3, 0.4) is 0 Å². The fourth-order valence-corrected chi connectivity index (χ4v) is 2.42. The summed E-state index contributed by atoms with van der Waals surface area (Å²) in [5, 5.41) is 6.49. The quantitative estimate of drug-likeness (QED) is 0.0459. The highest BCUT2D eigenvalue weighted by Crippen LogP contribution is 2.19. The molecule has 1 saturated carbocycles. The zero-order chi connectivity index (χ0) is 28.0. The number of amides is 1. The minimum absolute atomic E-state index is 0.189. The molecule has 0 saturated heterocycles. The normalized spacial score (nSPS) is 13.7. The van der Waals surface area contributed by atoms with Crippen LogP contribution in [0.1, 0.15) is 87.0 Å². The maximum Gasteiger partial charge on any atom is 0.219 e. The van der Waals surface area contributed by atoms with Gasteiger partial charge in [0.1, 0.15) is 5.76 Å². The predicted molar refractivity (Wildman–Crippen MR) is 154 cm³/mol. The summed E-state index contributed by atoms with van der Waals surface area (Å²) >= 11 is 0. The Kier molecular flexibility index (Phi) is 31.8. The zero-order valence-electron chi connectivity index (χ0n) is 24.1. The lowest BCUT2D eigenvalue weighted by Gasteiger charge is -2.11. The van der Waals surface area contributed by atoms with Gasteiger partial charge in [0.25, 0.3) is 0 Å². The maximum absolute atomic E-state index is 11.0. The fourth-order valence-electron chi connectivity index (χ4n) is 2.42. The molecule has 0 aliphatic heterocycles. The van der Waals surface area contributed by atoms with Crippen LogP contribution in [0.5, 0.6) is 0 Å². The molecular weight excluding hydrogens is 452 g/mol. The molecule has 0 bridgehead atoms. The van der Waals surface area contributed by atoms with Crippen LogP contribution < -0.4 is 5.32 Å². The minimum Gasteiger partial charge on any atom is -0.498 e. The number of hydrogen-bond donors (Lipinski definition) is 1. The number of azide groups is 1. The van der Waals surface area contributed by atoms with Crippen molar-refractivity contribution in [2.45, 2.75) is 93.0 Å². The molecule has 206 valence electrons. The first-order valence-corrected chi connectivity index (χ1v) is 13.3. The standard InChI is InChI=1S/C16H26N4O3.C9H14.2C2H6/c1-12(11-18-14-6-7-14)9-15(22-3)10-13(2)23-8-4-5-16(21)19-20-17;1-3-5-7-9-8-6-4-2;2*1-2/h9-10,12,14,18H,4-8,11H2,1-3H3;3,6-9H,1,4-5H2,2H3;2*1-2H3/b13-10+,15-9+;8-6-,9-7-;;. The van der Waals surface area contributed by atoms with Gasteiger partial charge in [0.2, 0.25) is 5.91 Å². The van der Waals surface area contributed by atoms with E-state index in [-0.39, 0.29) is 6.42 Å². The number of nitrogens with one attached hydrogen (secondary N) is 1. The highest BCUT2D eigenvalue weighted by Gasteiger charge is 2.20. The molecule has 0 aromatic carbocycles. The predicted octanol–water partition coefficient (Wildman–Crippen LogP) is 8.58. The monoisotopic (exact) mass is 504 g/mol. The second-order valence-corrected chi connectivity index (χ2v) is 7.51. The van der Waals surface area contributed by atoms with Gasteiger partial charge in [-0.05, 0) is 61.7 Å². The largest absolute Gasteiger partial charge is 0.498 e. The number of allylic oxidation sites excluding steroid dienone is 7. The number of carbonyl (C=O) groups is 1. The van der Waals surface area contributed by atoms with E-state index in [2.05, 4.69) is 60.1 Å². The Morgan fingerprint density at radius 1 is 1.22 bits per heavy atom. The number of hydrogen-bond acceptors (Lipinski definition) is 4. The molecule has 7 nitrogen and oxygen atoms in total. The molecule has 0 spiro atoms. The van der Waals surface area contributed by atoms with E-state index >= 15 is 0 Å². The average Bonchev–Trinajstić information content (AvgIpc) is 3.73. The molecule has 1 unspecified atom stereocenters. The topological polar surface area (TPSA) is 96.3 Å². The Morgan fingerprint density at radius 2 is 1.86 bits per heavy atom. The lowest BCUT2D eigenvalue weighted by atomic mass is 10.1. The van der Waals surface area contributed by atoms with Gasteiger partial charge in [0, 0.05) is 30.0 Å². The highest BCUT2D eigenvalue weighted by molar-refractivity contribution is 5.76. The van der Waals surface area contributed by atoms with E-state index in [4.69, 9.17) is 15.0 Å². The van der Waals surface area contributed by atoms with Gasteiger partial charge in [-0.2, -0.15) is 0 Å². The van der Waals surface area contributed by atoms with Gasteiger partial charge in [0.15, 0.2) is 0 Å². The first-order chi connectivity index (χ1) is 17.5. The van der Waals surface area contributed by atoms with Gasteiger partial charge >= 0.3 is 0 Å². The van der Waals surface area contributed by atoms with E-state index in [0.717, 1.165) is 30.9 Å². The van der Waals surface area contributed by atoms with Crippen molar-refractivity contribution in [1.29, 1.82) is 0 Å². The molecule has 1 aliphatic rings. The summed E-state index contributed by atoms with van der Waals surface area (Å²) in [5.74, 6) is 1.39. The molecular formula is C29H52N4O3. The SMILES string of the molecule is C=CC/C=C\C=C/CC.CC.CC.COC(/C=C(\C)OCCCC(=O)N=[N+]=[N-])=C/C(C)CNC1CC1. The first-order valence-electron chi connectivity index (χ1n) is 13.3. The van der Waals surface area contributed by atoms with Crippen molar-refractivity contribution in [1.82, 2.24) is 5.32 Å². The van der Waals surface area contributed by atoms with Gasteiger partial charge in [0.05, 0.1) is 19.5 Å². The molecule has 1 fully saturated rings. The van der Waals surface area contributed by atoms with E-state index in [0.29, 0.717) is 25.0 Å². The lowest BCUT2D eigenvalue weighted by molar-refractivity contribution is -0.118. The molecule has 1 atom stereocenters. The molecule has 1 N–H and O–H groups in total. The van der Waals surface area contributed by atoms with Crippen molar-refractivity contribution in [2.24, 2.45) is 11.0 Å². The molecule has 1 rings (SSSR count). The van der Waals surface area contributed by atoms with Crippen molar-refractivity contribution in [2.75, 3.05) is 20.3 Å². The third kappa shape index (κ3) is 29.3. The second kappa shape index (κ2) is 30.3. The molecule has 0 aromatic heterocycles. The molecule has 0 heterocycles. The van der Waals surface area contributed by atoms with E-state index in [9.17, 15) is 4.79 Å². The average molecular weight is 505 g/mol. The maximum atomic E-state index is 11.0. The van der Waals surface area contributed by atoms with Crippen molar-refractivity contribution in [3.05, 3.63) is 71.1 Å². The van der Waals surface area contributed by atoms with Crippen LogP contribution in [0.2, 0.25) is 0 Å². The fraction of sp³-hybridized carbons (Fsp3) is 0.621. The summed E-state index contributed by atoms with van der Waals surface area (Å²) < 4.78 is 10.9. The highest BCUT2D eigenvalue weighted by atomic mass is 16.5. The van der Waals surface area contributed by atoms with Crippen LogP contribution in [-0.4, -0.2) is 32.2 Å². The van der Waals surface area contributed by atoms with E-state index in [1.165, 1.54) is 12.8 Å². The van der Waals surface area contributed by atoms with Gasteiger partial charge < -0.3 is 14.8 Å². The molecule has 0 aromatic rings. The Morgan fingerprint density at radius 3 is 2.39 bits per heavy atom. The Labute approximate surface area is 221 Å². The Hall–Kier alpha value is -2.76. The summed E-state index contributed by atoms with van der Waals surface area (Å²) in [5.41, 5.74) is 8.12. The number of carbonyl (C=O) groups excluding carboxylic acids is 1. The van der Waals surface area contributed by atoms with Crippen LogP contribution in [0.4, 0.5) is 0 Å². The summed E-state index contributed by atoms with van der Waals surface area (Å²) in [6.07, 6.45) is 19.4. The molecule has 1 aliphatic carbocycles. The van der Waals surface area contributed by atoms with Crippen LogP contribution in [0.15, 0.2) is 65.7 Å². The summed E-state index contributed by atoms with van der Waals surface area (Å²) in [4.78, 5) is 13.5.